The zero-order valence-electron chi connectivity index (χ0n) is 20.6. The molecule has 1 N–H and O–H groups in total. The molecule has 1 atom stereocenters. The van der Waals surface area contributed by atoms with Gasteiger partial charge in [-0.05, 0) is 49.2 Å². The number of nitrogens with one attached hydrogen (secondary N) is 1. The number of benzene rings is 2. The van der Waals surface area contributed by atoms with E-state index < -0.39 is 23.5 Å². The summed E-state index contributed by atoms with van der Waals surface area (Å²) in [5.41, 5.74) is 0.860. The summed E-state index contributed by atoms with van der Waals surface area (Å²) < 4.78 is 16.9. The van der Waals surface area contributed by atoms with E-state index in [2.05, 4.69) is 0 Å². The van der Waals surface area contributed by atoms with E-state index in [-0.39, 0.29) is 5.57 Å². The lowest BCUT2D eigenvalue weighted by atomic mass is 9.95. The molecule has 0 saturated carbocycles. The van der Waals surface area contributed by atoms with Crippen LogP contribution in [0.2, 0.25) is 5.02 Å². The molecule has 2 aromatic carbocycles. The van der Waals surface area contributed by atoms with Crippen LogP contribution >= 0.6 is 11.6 Å². The molecule has 0 aliphatic carbocycles. The average molecular weight is 515 g/mol. The minimum atomic E-state index is -0.830. The Bertz CT molecular complexity index is 1130. The van der Waals surface area contributed by atoms with Gasteiger partial charge in [0, 0.05) is 10.6 Å². The van der Waals surface area contributed by atoms with Crippen LogP contribution in [0.5, 0.6) is 11.5 Å². The SMILES string of the molecule is CCOc1ccc(C2/C(=C(\[O-])c3ccc(Cl)cc3)C(=O)C(=O)N2CC[NH+]2CCOCC2)cc1OCC. The molecule has 2 aromatic rings. The van der Waals surface area contributed by atoms with E-state index in [4.69, 9.17) is 25.8 Å². The number of carbonyl (C=O) groups excluding carboxylic acids is 2. The second-order valence-electron chi connectivity index (χ2n) is 8.66. The summed E-state index contributed by atoms with van der Waals surface area (Å²) in [6, 6.07) is 10.8. The van der Waals surface area contributed by atoms with Crippen LogP contribution in [0, 0.1) is 0 Å². The van der Waals surface area contributed by atoms with Crippen LogP contribution in [0.1, 0.15) is 31.0 Å². The van der Waals surface area contributed by atoms with Gasteiger partial charge in [0.1, 0.15) is 13.1 Å². The summed E-state index contributed by atoms with van der Waals surface area (Å²) in [7, 11) is 0. The molecule has 0 aromatic heterocycles. The summed E-state index contributed by atoms with van der Waals surface area (Å²) >= 11 is 5.99. The highest BCUT2D eigenvalue weighted by Gasteiger charge is 2.44. The maximum absolute atomic E-state index is 13.6. The number of nitrogens with zero attached hydrogens (tertiary/aromatic N) is 1. The molecule has 192 valence electrons. The van der Waals surface area contributed by atoms with Crippen molar-refractivity contribution in [2.75, 3.05) is 52.6 Å². The molecule has 1 amide bonds. The Balaban J connectivity index is 1.77. The molecular formula is C27H31ClN2O6. The number of ketones is 1. The first-order valence-corrected chi connectivity index (χ1v) is 12.7. The summed E-state index contributed by atoms with van der Waals surface area (Å²) in [4.78, 5) is 29.3. The van der Waals surface area contributed by atoms with Crippen molar-refractivity contribution in [3.63, 3.8) is 0 Å². The average Bonchev–Trinajstić information content (AvgIpc) is 3.14. The normalized spacial score (nSPS) is 20.1. The van der Waals surface area contributed by atoms with E-state index in [0.717, 1.165) is 13.1 Å². The third kappa shape index (κ3) is 5.51. The zero-order valence-corrected chi connectivity index (χ0v) is 21.3. The fourth-order valence-electron chi connectivity index (χ4n) is 4.63. The van der Waals surface area contributed by atoms with Gasteiger partial charge in [-0.3, -0.25) is 9.59 Å². The molecule has 2 heterocycles. The molecule has 4 rings (SSSR count). The predicted octanol–water partition coefficient (Wildman–Crippen LogP) is 1.28. The number of halogens is 1. The first-order valence-electron chi connectivity index (χ1n) is 12.3. The van der Waals surface area contributed by atoms with E-state index >= 15 is 0 Å². The van der Waals surface area contributed by atoms with Crippen molar-refractivity contribution < 1.29 is 33.8 Å². The highest BCUT2D eigenvalue weighted by molar-refractivity contribution is 6.46. The maximum Gasteiger partial charge on any atom is 0.295 e. The quantitative estimate of drug-likeness (QED) is 0.308. The number of amides is 1. The Labute approximate surface area is 216 Å². The van der Waals surface area contributed by atoms with Crippen molar-refractivity contribution in [3.05, 3.63) is 64.2 Å². The van der Waals surface area contributed by atoms with Crippen LogP contribution in [0.15, 0.2) is 48.0 Å². The van der Waals surface area contributed by atoms with Crippen LogP contribution < -0.4 is 19.5 Å². The number of hydrogen-bond donors (Lipinski definition) is 1. The third-order valence-corrected chi connectivity index (χ3v) is 6.68. The fourth-order valence-corrected chi connectivity index (χ4v) is 4.76. The van der Waals surface area contributed by atoms with Crippen molar-refractivity contribution in [2.45, 2.75) is 19.9 Å². The van der Waals surface area contributed by atoms with Crippen LogP contribution in [0.4, 0.5) is 0 Å². The van der Waals surface area contributed by atoms with Crippen molar-refractivity contribution in [2.24, 2.45) is 0 Å². The molecule has 0 spiro atoms. The molecule has 2 aliphatic rings. The first-order chi connectivity index (χ1) is 17.4. The number of ether oxygens (including phenoxy) is 3. The Hall–Kier alpha value is -3.07. The zero-order chi connectivity index (χ0) is 25.7. The highest BCUT2D eigenvalue weighted by Crippen LogP contribution is 2.41. The van der Waals surface area contributed by atoms with Crippen molar-refractivity contribution >= 4 is 29.1 Å². The molecule has 0 bridgehead atoms. The number of morpholine rings is 1. The standard InChI is InChI=1S/C27H31ClN2O6/c1-3-35-21-10-7-19(17-22(21)36-4-2)24-23(25(31)18-5-8-20(28)9-6-18)26(32)27(33)30(24)12-11-29-13-15-34-16-14-29/h5-10,17,24,31H,3-4,11-16H2,1-2H3/b25-23+. The molecule has 2 aliphatic heterocycles. The lowest BCUT2D eigenvalue weighted by Crippen LogP contribution is -3.14. The number of carbonyl (C=O) groups is 2. The van der Waals surface area contributed by atoms with E-state index in [1.807, 2.05) is 13.8 Å². The van der Waals surface area contributed by atoms with Gasteiger partial charge < -0.3 is 29.1 Å². The molecule has 2 saturated heterocycles. The summed E-state index contributed by atoms with van der Waals surface area (Å²) in [6.07, 6.45) is 0. The Kier molecular flexibility index (Phi) is 8.51. The van der Waals surface area contributed by atoms with E-state index in [1.165, 1.54) is 9.80 Å². The lowest BCUT2D eigenvalue weighted by molar-refractivity contribution is -0.907. The highest BCUT2D eigenvalue weighted by atomic mass is 35.5. The second-order valence-corrected chi connectivity index (χ2v) is 9.10. The number of likely N-dealkylation sites (tertiary alicyclic amines) is 1. The molecule has 1 unspecified atom stereocenters. The number of Topliss-reactive ketones (excluding diaryl/α,β-unsaturated/α-hetero) is 1. The second kappa shape index (κ2) is 11.8. The summed E-state index contributed by atoms with van der Waals surface area (Å²) in [5, 5.41) is 14.0. The predicted molar refractivity (Wildman–Crippen MR) is 133 cm³/mol. The number of quaternary nitrogens is 1. The fraction of sp³-hybridized carbons (Fsp3) is 0.407. The van der Waals surface area contributed by atoms with Gasteiger partial charge in [0.15, 0.2) is 11.5 Å². The van der Waals surface area contributed by atoms with Crippen LogP contribution in [-0.2, 0) is 14.3 Å². The minimum absolute atomic E-state index is 0.0640. The topological polar surface area (TPSA) is 92.6 Å². The van der Waals surface area contributed by atoms with Gasteiger partial charge in [-0.2, -0.15) is 0 Å². The molecule has 0 radical (unpaired) electrons. The third-order valence-electron chi connectivity index (χ3n) is 6.43. The van der Waals surface area contributed by atoms with Gasteiger partial charge in [0.25, 0.3) is 5.91 Å². The van der Waals surface area contributed by atoms with Gasteiger partial charge in [-0.15, -0.1) is 0 Å². The van der Waals surface area contributed by atoms with E-state index in [0.29, 0.717) is 67.2 Å². The molecule has 8 nitrogen and oxygen atoms in total. The van der Waals surface area contributed by atoms with Crippen molar-refractivity contribution in [1.29, 1.82) is 0 Å². The minimum Gasteiger partial charge on any atom is -0.872 e. The van der Waals surface area contributed by atoms with Crippen LogP contribution in [-0.4, -0.2) is 69.2 Å². The van der Waals surface area contributed by atoms with Gasteiger partial charge >= 0.3 is 0 Å². The molecule has 2 fully saturated rings. The number of rotatable bonds is 9. The maximum atomic E-state index is 13.6. The molecule has 9 heteroatoms. The summed E-state index contributed by atoms with van der Waals surface area (Å²) in [5.74, 6) is -0.863. The summed E-state index contributed by atoms with van der Waals surface area (Å²) in [6.45, 7) is 8.58. The Morgan fingerprint density at radius 1 is 1.06 bits per heavy atom. The van der Waals surface area contributed by atoms with Crippen LogP contribution in [0.25, 0.3) is 5.76 Å². The molecular weight excluding hydrogens is 484 g/mol. The van der Waals surface area contributed by atoms with E-state index in [1.54, 1.807) is 42.5 Å². The Morgan fingerprint density at radius 2 is 1.72 bits per heavy atom. The smallest absolute Gasteiger partial charge is 0.295 e. The van der Waals surface area contributed by atoms with Gasteiger partial charge in [-0.1, -0.05) is 35.6 Å². The van der Waals surface area contributed by atoms with Gasteiger partial charge in [-0.25, -0.2) is 0 Å². The molecule has 36 heavy (non-hydrogen) atoms. The largest absolute Gasteiger partial charge is 0.872 e. The lowest BCUT2D eigenvalue weighted by Gasteiger charge is -2.30. The number of hydrogen-bond acceptors (Lipinski definition) is 6. The van der Waals surface area contributed by atoms with Gasteiger partial charge in [0.2, 0.25) is 5.78 Å². The van der Waals surface area contributed by atoms with E-state index in [9.17, 15) is 14.7 Å². The first kappa shape index (κ1) is 26.0. The Morgan fingerprint density at radius 3 is 2.39 bits per heavy atom. The van der Waals surface area contributed by atoms with Gasteiger partial charge in [0.05, 0.1) is 45.6 Å². The monoisotopic (exact) mass is 514 g/mol. The van der Waals surface area contributed by atoms with Crippen LogP contribution in [0.3, 0.4) is 0 Å². The van der Waals surface area contributed by atoms with Crippen molar-refractivity contribution in [1.82, 2.24) is 4.90 Å². The van der Waals surface area contributed by atoms with Crippen molar-refractivity contribution in [3.8, 4) is 11.5 Å².